The molecule has 0 spiro atoms. The van der Waals surface area contributed by atoms with E-state index in [9.17, 15) is 9.90 Å². The van der Waals surface area contributed by atoms with Gasteiger partial charge in [-0.15, -0.1) is 0 Å². The summed E-state index contributed by atoms with van der Waals surface area (Å²) < 4.78 is 0. The van der Waals surface area contributed by atoms with Crippen LogP contribution in [0.5, 0.6) is 0 Å². The molecule has 3 rings (SSSR count). The first-order chi connectivity index (χ1) is 10.1. The highest BCUT2D eigenvalue weighted by molar-refractivity contribution is 5.96. The maximum atomic E-state index is 11.2. The number of aromatic carboxylic acids is 1. The van der Waals surface area contributed by atoms with Crippen LogP contribution in [0.25, 0.3) is 0 Å². The molecule has 2 unspecified atom stereocenters. The second-order valence-corrected chi connectivity index (χ2v) is 6.05. The highest BCUT2D eigenvalue weighted by Crippen LogP contribution is 2.31. The van der Waals surface area contributed by atoms with Crippen molar-refractivity contribution in [1.29, 1.82) is 0 Å². The van der Waals surface area contributed by atoms with E-state index in [1.165, 1.54) is 38.1 Å². The van der Waals surface area contributed by atoms with Gasteiger partial charge in [0.05, 0.1) is 11.3 Å². The van der Waals surface area contributed by atoms with E-state index in [1.807, 2.05) is 0 Å². The molecular formula is C15H22N4O2. The first kappa shape index (κ1) is 14.1. The van der Waals surface area contributed by atoms with Crippen LogP contribution in [0.1, 0.15) is 36.5 Å². The molecule has 21 heavy (non-hydrogen) atoms. The quantitative estimate of drug-likeness (QED) is 0.857. The summed E-state index contributed by atoms with van der Waals surface area (Å²) in [5, 5.41) is 9.21. The molecule has 2 atom stereocenters. The van der Waals surface area contributed by atoms with Gasteiger partial charge in [0.25, 0.3) is 0 Å². The lowest BCUT2D eigenvalue weighted by Crippen LogP contribution is -2.59. The first-order valence-electron chi connectivity index (χ1n) is 7.56. The second-order valence-electron chi connectivity index (χ2n) is 6.05. The van der Waals surface area contributed by atoms with Crippen LogP contribution in [0, 0.1) is 0 Å². The van der Waals surface area contributed by atoms with Gasteiger partial charge in [0.2, 0.25) is 0 Å². The van der Waals surface area contributed by atoms with Gasteiger partial charge in [-0.25, -0.2) is 9.78 Å². The molecule has 3 N–H and O–H groups in total. The zero-order chi connectivity index (χ0) is 15.0. The molecule has 0 bridgehead atoms. The topological polar surface area (TPSA) is 82.7 Å². The number of hydrogen-bond donors (Lipinski definition) is 2. The van der Waals surface area contributed by atoms with Gasteiger partial charge in [-0.1, -0.05) is 6.42 Å². The van der Waals surface area contributed by atoms with E-state index in [4.69, 9.17) is 5.73 Å². The summed E-state index contributed by atoms with van der Waals surface area (Å²) in [7, 11) is 0. The number of carboxylic acid groups (broad SMARTS) is 1. The minimum absolute atomic E-state index is 0.137. The number of rotatable bonds is 2. The summed E-state index contributed by atoms with van der Waals surface area (Å²) in [6.07, 6.45) is 5.27. The number of piperazine rings is 1. The van der Waals surface area contributed by atoms with E-state index in [-0.39, 0.29) is 17.3 Å². The van der Waals surface area contributed by atoms with Crippen LogP contribution in [0.3, 0.4) is 0 Å². The Bertz CT molecular complexity index is 548. The molecule has 6 nitrogen and oxygen atoms in total. The summed E-state index contributed by atoms with van der Waals surface area (Å²) in [6.45, 7) is 5.19. The van der Waals surface area contributed by atoms with Crippen molar-refractivity contribution >= 4 is 17.5 Å². The van der Waals surface area contributed by atoms with E-state index in [0.717, 1.165) is 13.1 Å². The number of hydrogen-bond acceptors (Lipinski definition) is 5. The lowest BCUT2D eigenvalue weighted by Gasteiger charge is -2.48. The number of fused-ring (bicyclic) bond motifs is 1. The van der Waals surface area contributed by atoms with Crippen molar-refractivity contribution in [3.05, 3.63) is 17.8 Å². The molecule has 1 aromatic heterocycles. The van der Waals surface area contributed by atoms with Crippen LogP contribution in [-0.2, 0) is 0 Å². The van der Waals surface area contributed by atoms with E-state index in [1.54, 1.807) is 0 Å². The molecule has 1 aromatic rings. The SMILES string of the molecule is CC1CN2CCCCC2CN1c1nccc(C(=O)O)c1N. The Balaban J connectivity index is 1.89. The van der Waals surface area contributed by atoms with Gasteiger partial charge in [-0.2, -0.15) is 0 Å². The Morgan fingerprint density at radius 2 is 2.24 bits per heavy atom. The molecule has 0 aliphatic carbocycles. The molecule has 114 valence electrons. The first-order valence-corrected chi connectivity index (χ1v) is 7.56. The fraction of sp³-hybridized carbons (Fsp3) is 0.600. The minimum atomic E-state index is -1.000. The summed E-state index contributed by atoms with van der Waals surface area (Å²) in [5.74, 6) is -0.382. The van der Waals surface area contributed by atoms with Gasteiger partial charge in [-0.3, -0.25) is 4.90 Å². The number of anilines is 2. The number of pyridine rings is 1. The van der Waals surface area contributed by atoms with Crippen molar-refractivity contribution in [2.75, 3.05) is 30.3 Å². The molecule has 3 heterocycles. The summed E-state index contributed by atoms with van der Waals surface area (Å²) in [4.78, 5) is 20.3. The molecule has 0 amide bonds. The van der Waals surface area contributed by atoms with Crippen LogP contribution < -0.4 is 10.6 Å². The Kier molecular flexibility index (Phi) is 3.71. The fourth-order valence-electron chi connectivity index (χ4n) is 3.52. The zero-order valence-corrected chi connectivity index (χ0v) is 12.3. The Labute approximate surface area is 124 Å². The number of nitrogens with two attached hydrogens (primary N) is 1. The smallest absolute Gasteiger partial charge is 0.337 e. The van der Waals surface area contributed by atoms with E-state index in [0.29, 0.717) is 11.9 Å². The molecule has 2 aliphatic rings. The molecule has 0 saturated carbocycles. The minimum Gasteiger partial charge on any atom is -0.478 e. The van der Waals surface area contributed by atoms with Crippen molar-refractivity contribution in [3.63, 3.8) is 0 Å². The van der Waals surface area contributed by atoms with Gasteiger partial charge < -0.3 is 15.7 Å². The van der Waals surface area contributed by atoms with E-state index < -0.39 is 5.97 Å². The third-order valence-corrected chi connectivity index (χ3v) is 4.66. The van der Waals surface area contributed by atoms with Gasteiger partial charge >= 0.3 is 5.97 Å². The van der Waals surface area contributed by atoms with E-state index in [2.05, 4.69) is 21.7 Å². The third kappa shape index (κ3) is 2.55. The molecule has 6 heteroatoms. The third-order valence-electron chi connectivity index (χ3n) is 4.66. The summed E-state index contributed by atoms with van der Waals surface area (Å²) in [5.41, 5.74) is 6.46. The second kappa shape index (κ2) is 5.52. The Hall–Kier alpha value is -1.82. The van der Waals surface area contributed by atoms with Crippen LogP contribution in [0.2, 0.25) is 0 Å². The maximum Gasteiger partial charge on any atom is 0.337 e. The zero-order valence-electron chi connectivity index (χ0n) is 12.3. The van der Waals surface area contributed by atoms with Gasteiger partial charge in [-0.05, 0) is 32.4 Å². The normalized spacial score (nSPS) is 26.4. The van der Waals surface area contributed by atoms with Crippen molar-refractivity contribution < 1.29 is 9.90 Å². The maximum absolute atomic E-state index is 11.2. The number of aromatic nitrogens is 1. The average Bonchev–Trinajstić information content (AvgIpc) is 2.47. The Morgan fingerprint density at radius 3 is 3.00 bits per heavy atom. The highest BCUT2D eigenvalue weighted by atomic mass is 16.4. The Morgan fingerprint density at radius 1 is 1.43 bits per heavy atom. The number of carbonyl (C=O) groups is 1. The number of piperidine rings is 1. The summed E-state index contributed by atoms with van der Waals surface area (Å²) in [6, 6.07) is 2.28. The van der Waals surface area contributed by atoms with E-state index >= 15 is 0 Å². The van der Waals surface area contributed by atoms with Crippen molar-refractivity contribution in [1.82, 2.24) is 9.88 Å². The van der Waals surface area contributed by atoms with Crippen molar-refractivity contribution in [2.24, 2.45) is 0 Å². The van der Waals surface area contributed by atoms with Crippen molar-refractivity contribution in [2.45, 2.75) is 38.3 Å². The lowest BCUT2D eigenvalue weighted by molar-refractivity contribution is 0.0698. The number of nitrogen functional groups attached to an aromatic ring is 1. The largest absolute Gasteiger partial charge is 0.478 e. The molecule has 0 aromatic carbocycles. The van der Waals surface area contributed by atoms with Crippen LogP contribution in [0.15, 0.2) is 12.3 Å². The molecule has 2 aliphatic heterocycles. The molecule has 2 fully saturated rings. The van der Waals surface area contributed by atoms with Crippen molar-refractivity contribution in [3.8, 4) is 0 Å². The van der Waals surface area contributed by atoms with Gasteiger partial charge in [0.1, 0.15) is 0 Å². The lowest BCUT2D eigenvalue weighted by atomic mass is 9.97. The predicted octanol–water partition coefficient (Wildman–Crippen LogP) is 1.43. The van der Waals surface area contributed by atoms with Gasteiger partial charge in [0.15, 0.2) is 5.82 Å². The monoisotopic (exact) mass is 290 g/mol. The fourth-order valence-corrected chi connectivity index (χ4v) is 3.52. The molecular weight excluding hydrogens is 268 g/mol. The van der Waals surface area contributed by atoms with Gasteiger partial charge in [0, 0.05) is 31.4 Å². The predicted molar refractivity (Wildman–Crippen MR) is 81.6 cm³/mol. The molecule has 0 radical (unpaired) electrons. The number of carboxylic acids is 1. The molecule has 2 saturated heterocycles. The standard InChI is InChI=1S/C15H22N4O2/c1-10-8-18-7-3-2-4-11(18)9-19(10)14-13(16)12(15(20)21)5-6-17-14/h5-6,10-11H,2-4,7-9,16H2,1H3,(H,20,21). The summed E-state index contributed by atoms with van der Waals surface area (Å²) >= 11 is 0. The average molecular weight is 290 g/mol. The van der Waals surface area contributed by atoms with Crippen LogP contribution in [-0.4, -0.2) is 52.7 Å². The van der Waals surface area contributed by atoms with Crippen LogP contribution >= 0.6 is 0 Å². The highest BCUT2D eigenvalue weighted by Gasteiger charge is 2.34. The van der Waals surface area contributed by atoms with Crippen LogP contribution in [0.4, 0.5) is 11.5 Å². The number of nitrogens with zero attached hydrogens (tertiary/aromatic N) is 3.